The van der Waals surface area contributed by atoms with Crippen molar-refractivity contribution in [2.24, 2.45) is 11.7 Å². The molecule has 16 heavy (non-hydrogen) atoms. The van der Waals surface area contributed by atoms with E-state index in [1.807, 2.05) is 0 Å². The van der Waals surface area contributed by atoms with Gasteiger partial charge in [0.2, 0.25) is 0 Å². The number of aliphatic hydroxyl groups is 1. The largest absolute Gasteiger partial charge is 0.396 e. The Morgan fingerprint density at radius 3 is 2.69 bits per heavy atom. The van der Waals surface area contributed by atoms with Crippen molar-refractivity contribution in [2.75, 3.05) is 19.7 Å². The van der Waals surface area contributed by atoms with Gasteiger partial charge in [-0.25, -0.2) is 4.79 Å². The highest BCUT2D eigenvalue weighted by Gasteiger charge is 2.32. The fourth-order valence-electron chi connectivity index (χ4n) is 2.48. The van der Waals surface area contributed by atoms with Gasteiger partial charge in [0.05, 0.1) is 0 Å². The summed E-state index contributed by atoms with van der Waals surface area (Å²) in [5, 5.41) is 12.5. The van der Waals surface area contributed by atoms with Crippen molar-refractivity contribution in [1.29, 1.82) is 0 Å². The quantitative estimate of drug-likeness (QED) is 0.627. The van der Waals surface area contributed by atoms with Crippen LogP contribution in [0, 0.1) is 5.92 Å². The second-order valence-corrected chi connectivity index (χ2v) is 5.00. The van der Waals surface area contributed by atoms with E-state index in [2.05, 4.69) is 5.32 Å². The molecule has 1 aliphatic carbocycles. The Morgan fingerprint density at radius 2 is 2.12 bits per heavy atom. The van der Waals surface area contributed by atoms with Crippen LogP contribution < -0.4 is 11.1 Å². The number of nitrogens with two attached hydrogens (primary N) is 1. The maximum atomic E-state index is 11.2. The Labute approximate surface area is 96.0 Å². The topological polar surface area (TPSA) is 78.6 Å². The monoisotopic (exact) mass is 227 g/mol. The lowest BCUT2D eigenvalue weighted by molar-refractivity contribution is 0.135. The number of aliphatic hydroxyl groups excluding tert-OH is 1. The molecule has 2 amide bonds. The van der Waals surface area contributed by atoms with Gasteiger partial charge in [0.1, 0.15) is 0 Å². The lowest BCUT2D eigenvalue weighted by Gasteiger charge is -2.37. The van der Waals surface area contributed by atoms with E-state index < -0.39 is 0 Å². The summed E-state index contributed by atoms with van der Waals surface area (Å²) in [6.07, 6.45) is 4.29. The van der Waals surface area contributed by atoms with E-state index in [1.165, 1.54) is 12.8 Å². The first-order valence-corrected chi connectivity index (χ1v) is 6.10. The minimum atomic E-state index is -0.342. The van der Waals surface area contributed by atoms with Gasteiger partial charge in [0.15, 0.2) is 0 Å². The maximum Gasteiger partial charge on any atom is 0.314 e. The van der Waals surface area contributed by atoms with Gasteiger partial charge in [-0.1, -0.05) is 0 Å². The third-order valence-corrected chi connectivity index (χ3v) is 3.43. The van der Waals surface area contributed by atoms with Crippen LogP contribution in [0.15, 0.2) is 0 Å². The van der Waals surface area contributed by atoms with Crippen LogP contribution in [-0.4, -0.2) is 47.8 Å². The van der Waals surface area contributed by atoms with Crippen molar-refractivity contribution < 1.29 is 9.90 Å². The summed E-state index contributed by atoms with van der Waals surface area (Å²) in [4.78, 5) is 12.9. The fraction of sp³-hybridized carbons (Fsp3) is 0.909. The summed E-state index contributed by atoms with van der Waals surface area (Å²) < 4.78 is 0. The van der Waals surface area contributed by atoms with Gasteiger partial charge in [-0.2, -0.15) is 0 Å². The first-order chi connectivity index (χ1) is 7.69. The molecular formula is C11H21N3O2. The predicted octanol–water partition coefficient (Wildman–Crippen LogP) is -0.110. The average molecular weight is 227 g/mol. The van der Waals surface area contributed by atoms with E-state index in [4.69, 9.17) is 10.8 Å². The Bertz CT molecular complexity index is 256. The third kappa shape index (κ3) is 3.09. The van der Waals surface area contributed by atoms with Crippen LogP contribution >= 0.6 is 0 Å². The molecule has 1 saturated carbocycles. The summed E-state index contributed by atoms with van der Waals surface area (Å²) in [6, 6.07) is 0.656. The number of amides is 2. The summed E-state index contributed by atoms with van der Waals surface area (Å²) >= 11 is 0. The summed E-state index contributed by atoms with van der Waals surface area (Å²) in [5.41, 5.74) is 5.33. The molecule has 0 bridgehead atoms. The minimum Gasteiger partial charge on any atom is -0.396 e. The highest BCUT2D eigenvalue weighted by molar-refractivity contribution is 5.72. The number of likely N-dealkylation sites (tertiary alicyclic amines) is 1. The molecule has 4 N–H and O–H groups in total. The second-order valence-electron chi connectivity index (χ2n) is 5.00. The molecule has 0 radical (unpaired) electrons. The average Bonchev–Trinajstić information content (AvgIpc) is 3.01. The van der Waals surface area contributed by atoms with Crippen molar-refractivity contribution in [3.8, 4) is 0 Å². The normalized spacial score (nSPS) is 30.4. The molecule has 5 heteroatoms. The van der Waals surface area contributed by atoms with Crippen LogP contribution in [0.4, 0.5) is 4.79 Å². The predicted molar refractivity (Wildman–Crippen MR) is 60.9 cm³/mol. The molecule has 2 unspecified atom stereocenters. The molecule has 1 aliphatic heterocycles. The Kier molecular flexibility index (Phi) is 3.66. The van der Waals surface area contributed by atoms with E-state index in [0.29, 0.717) is 31.1 Å². The standard InChI is InChI=1S/C11H21N3O2/c12-11(16)14-6-8(3-4-15)5-10(7-14)13-9-1-2-9/h8-10,13,15H,1-7H2,(H2,12,16). The highest BCUT2D eigenvalue weighted by atomic mass is 16.3. The van der Waals surface area contributed by atoms with E-state index in [9.17, 15) is 4.79 Å². The summed E-state index contributed by atoms with van der Waals surface area (Å²) in [7, 11) is 0. The lowest BCUT2D eigenvalue weighted by Crippen LogP contribution is -2.53. The molecule has 2 aliphatic rings. The fourth-order valence-corrected chi connectivity index (χ4v) is 2.48. The van der Waals surface area contributed by atoms with Crippen molar-refractivity contribution in [1.82, 2.24) is 10.2 Å². The minimum absolute atomic E-state index is 0.188. The Hall–Kier alpha value is -0.810. The van der Waals surface area contributed by atoms with Gasteiger partial charge in [-0.3, -0.25) is 0 Å². The molecule has 2 fully saturated rings. The zero-order valence-electron chi connectivity index (χ0n) is 9.56. The van der Waals surface area contributed by atoms with E-state index >= 15 is 0 Å². The van der Waals surface area contributed by atoms with E-state index in [1.54, 1.807) is 4.90 Å². The molecule has 92 valence electrons. The first kappa shape index (κ1) is 11.7. The first-order valence-electron chi connectivity index (χ1n) is 6.10. The van der Waals surface area contributed by atoms with Gasteiger partial charge in [0, 0.05) is 31.8 Å². The maximum absolute atomic E-state index is 11.2. The highest BCUT2D eigenvalue weighted by Crippen LogP contribution is 2.25. The number of urea groups is 1. The number of carbonyl (C=O) groups is 1. The SMILES string of the molecule is NC(=O)N1CC(CCO)CC(NC2CC2)C1. The van der Waals surface area contributed by atoms with Crippen LogP contribution in [-0.2, 0) is 0 Å². The van der Waals surface area contributed by atoms with E-state index in [-0.39, 0.29) is 12.6 Å². The van der Waals surface area contributed by atoms with Crippen LogP contribution in [0.25, 0.3) is 0 Å². The van der Waals surface area contributed by atoms with Crippen LogP contribution in [0.1, 0.15) is 25.7 Å². The third-order valence-electron chi connectivity index (χ3n) is 3.43. The van der Waals surface area contributed by atoms with Crippen LogP contribution in [0.2, 0.25) is 0 Å². The van der Waals surface area contributed by atoms with Gasteiger partial charge in [0.25, 0.3) is 0 Å². The smallest absolute Gasteiger partial charge is 0.314 e. The van der Waals surface area contributed by atoms with Crippen molar-refractivity contribution in [3.63, 3.8) is 0 Å². The Balaban J connectivity index is 1.89. The number of hydrogen-bond acceptors (Lipinski definition) is 3. The van der Waals surface area contributed by atoms with Crippen LogP contribution in [0.3, 0.4) is 0 Å². The molecule has 0 spiro atoms. The summed E-state index contributed by atoms with van der Waals surface area (Å²) in [5.74, 6) is 0.377. The molecule has 1 saturated heterocycles. The van der Waals surface area contributed by atoms with Gasteiger partial charge < -0.3 is 21.1 Å². The number of carbonyl (C=O) groups excluding carboxylic acids is 1. The van der Waals surface area contributed by atoms with Crippen molar-refractivity contribution in [2.45, 2.75) is 37.8 Å². The molecule has 2 rings (SSSR count). The van der Waals surface area contributed by atoms with Crippen molar-refractivity contribution >= 4 is 6.03 Å². The van der Waals surface area contributed by atoms with Crippen molar-refractivity contribution in [3.05, 3.63) is 0 Å². The molecule has 0 aromatic heterocycles. The molecule has 0 aromatic carbocycles. The zero-order valence-corrected chi connectivity index (χ0v) is 9.56. The number of nitrogens with one attached hydrogen (secondary N) is 1. The van der Waals surface area contributed by atoms with Gasteiger partial charge in [-0.05, 0) is 31.6 Å². The molecule has 5 nitrogen and oxygen atoms in total. The second kappa shape index (κ2) is 5.01. The molecule has 0 aromatic rings. The number of primary amides is 1. The molecule has 1 heterocycles. The van der Waals surface area contributed by atoms with E-state index in [0.717, 1.165) is 12.8 Å². The van der Waals surface area contributed by atoms with Gasteiger partial charge >= 0.3 is 6.03 Å². The zero-order chi connectivity index (χ0) is 11.5. The summed E-state index contributed by atoms with van der Waals surface area (Å²) in [6.45, 7) is 1.60. The molecular weight excluding hydrogens is 206 g/mol. The number of hydrogen-bond donors (Lipinski definition) is 3. The molecule has 2 atom stereocenters. The van der Waals surface area contributed by atoms with Gasteiger partial charge in [-0.15, -0.1) is 0 Å². The number of rotatable bonds is 4. The number of piperidine rings is 1. The Morgan fingerprint density at radius 1 is 1.38 bits per heavy atom. The lowest BCUT2D eigenvalue weighted by atomic mass is 9.92. The van der Waals surface area contributed by atoms with Crippen LogP contribution in [0.5, 0.6) is 0 Å². The number of nitrogens with zero attached hydrogens (tertiary/aromatic N) is 1.